The summed E-state index contributed by atoms with van der Waals surface area (Å²) in [6, 6.07) is 29.9. The SMILES string of the molecule is CCCC[C@@H](C(=O)N1CCC[C@@H]1C(=O)N[C@H](C=O)CO)N(C)C(=O)C(Cc1ccccc1)N(C)C(=O)[C@H](Cc1ccccc1)NC(=O)CSC[C@H](NC(=O)[C@H](CC(C)C)NC(=O)[C@H](Cc1ccc(O)cc1)NC(=O)[C@H](Cc1csc2ccccc12)NC(=O)CN(C)C(=O)[C@H](Cc1ccc(O)cc1)NC(=O)C(Cc1ccccc1)N(C)C(=O)[C@@H](N)CC)C(=O)NCC(N)=O. The molecule has 0 aliphatic carbocycles. The van der Waals surface area contributed by atoms with Gasteiger partial charge in [0.05, 0.1) is 31.5 Å². The average molecular weight is 1800 g/mol. The number of amides is 14. The van der Waals surface area contributed by atoms with Gasteiger partial charge in [-0.1, -0.05) is 174 Å². The quantitative estimate of drug-likeness (QED) is 0.0244. The summed E-state index contributed by atoms with van der Waals surface area (Å²) in [4.78, 5) is 221. The van der Waals surface area contributed by atoms with Gasteiger partial charge in [0.25, 0.3) is 0 Å². The van der Waals surface area contributed by atoms with Gasteiger partial charge in [0.1, 0.15) is 84.2 Å². The van der Waals surface area contributed by atoms with E-state index in [1.807, 2.05) is 30.5 Å². The van der Waals surface area contributed by atoms with Gasteiger partial charge in [-0.05, 0) is 113 Å². The Hall–Kier alpha value is -12.6. The number of phenols is 2. The Kier molecular flexibility index (Phi) is 39.4. The fourth-order valence-electron chi connectivity index (χ4n) is 15.0. The van der Waals surface area contributed by atoms with Crippen LogP contribution in [0.3, 0.4) is 0 Å². The van der Waals surface area contributed by atoms with Crippen LogP contribution in [0.15, 0.2) is 169 Å². The van der Waals surface area contributed by atoms with Crippen molar-refractivity contribution in [1.82, 2.24) is 67.0 Å². The van der Waals surface area contributed by atoms with E-state index in [-0.39, 0.29) is 93.9 Å². The number of likely N-dealkylation sites (tertiary alicyclic amines) is 1. The summed E-state index contributed by atoms with van der Waals surface area (Å²) in [7, 11) is 5.65. The van der Waals surface area contributed by atoms with E-state index in [9.17, 15) is 68.1 Å². The number of primary amides is 1. The fourth-order valence-corrected chi connectivity index (χ4v) is 16.8. The molecule has 6 aromatic carbocycles. The maximum Gasteiger partial charge on any atom is 0.246 e. The van der Waals surface area contributed by atoms with Crippen LogP contribution in [0.2, 0.25) is 0 Å². The number of aliphatic hydroxyl groups is 1. The highest BCUT2D eigenvalue weighted by molar-refractivity contribution is 8.00. The molecule has 2 heterocycles. The van der Waals surface area contributed by atoms with Crippen molar-refractivity contribution in [3.05, 3.63) is 203 Å². The van der Waals surface area contributed by atoms with Crippen LogP contribution in [0.4, 0.5) is 0 Å². The van der Waals surface area contributed by atoms with Crippen LogP contribution in [-0.4, -0.2) is 267 Å². The average Bonchev–Trinajstić information content (AvgIpc) is 1.72. The molecule has 1 fully saturated rings. The molecular weight excluding hydrogens is 1680 g/mol. The Morgan fingerprint density at radius 1 is 0.531 bits per heavy atom. The standard InChI is InChI=1S/C93H119N15O18S2/c1-9-11-31-76(93(126)108-42-23-32-75(108)87(120)97-64(52-109)53-110)105(6)92(125)78(48-60-28-19-14-20-29-60)107(8)91(124)73(45-58-24-15-12-16-25-58)99-82(115)56-127-55-74(83(116)96-50-80(95)113)103-84(117)69(43-57(3)4)100-85(118)70(44-61-34-38-65(111)39-35-61)101-86(119)71(49-63-54-128-79-33-22-21-30-67(63)79)98-81(114)51-104(5)90(123)72(46-62-36-40-66(112)41-37-62)102-88(121)77(47-59-26-17-13-18-27-59)106(7)89(122)68(94)10-2/h12-22,24-30,33-41,52,54,57,64,68-78,110-112H,9-11,23,31-32,42-51,53,55-56,94H2,1-8H3,(H2,95,113)(H,96,116)(H,97,120)(H,98,114)(H,99,115)(H,100,118)(H,101,119)(H,102,121)(H,103,117)/t64-,68+,69+,70+,71+,72+,73+,74+,75-,76+,77?,78?/m1/s1. The van der Waals surface area contributed by atoms with Crippen LogP contribution in [0, 0.1) is 5.92 Å². The number of carbonyl (C=O) groups excluding carboxylic acids is 15. The summed E-state index contributed by atoms with van der Waals surface area (Å²) in [5.41, 5.74) is 15.2. The first-order chi connectivity index (χ1) is 61.2. The summed E-state index contributed by atoms with van der Waals surface area (Å²) >= 11 is 2.22. The molecule has 14 amide bonds. The molecule has 686 valence electrons. The predicted octanol–water partition coefficient (Wildman–Crippen LogP) is 2.89. The smallest absolute Gasteiger partial charge is 0.246 e. The molecule has 15 N–H and O–H groups in total. The molecule has 12 atom stereocenters. The minimum absolute atomic E-state index is 0.0339. The Morgan fingerprint density at radius 3 is 1.57 bits per heavy atom. The van der Waals surface area contributed by atoms with Crippen molar-refractivity contribution in [2.24, 2.45) is 17.4 Å². The topological polar surface area (TPSA) is 481 Å². The van der Waals surface area contributed by atoms with Crippen molar-refractivity contribution in [2.45, 2.75) is 184 Å². The van der Waals surface area contributed by atoms with E-state index in [1.165, 1.54) is 95.5 Å². The normalized spacial score (nSPS) is 15.0. The number of thioether (sulfide) groups is 1. The number of nitrogens with zero attached hydrogens (tertiary/aromatic N) is 5. The van der Waals surface area contributed by atoms with Gasteiger partial charge < -0.3 is 98.6 Å². The summed E-state index contributed by atoms with van der Waals surface area (Å²) in [5, 5.41) is 54.4. The van der Waals surface area contributed by atoms with Crippen molar-refractivity contribution in [1.29, 1.82) is 0 Å². The number of carbonyl (C=O) groups is 15. The lowest BCUT2D eigenvalue weighted by molar-refractivity contribution is -0.152. The Balaban J connectivity index is 1.02. The zero-order valence-corrected chi connectivity index (χ0v) is 75.0. The molecule has 1 aliphatic rings. The number of aldehydes is 1. The largest absolute Gasteiger partial charge is 0.508 e. The zero-order valence-electron chi connectivity index (χ0n) is 73.4. The molecule has 0 spiro atoms. The van der Waals surface area contributed by atoms with Crippen molar-refractivity contribution < 1.29 is 87.2 Å². The second-order valence-electron chi connectivity index (χ2n) is 32.5. The van der Waals surface area contributed by atoms with Crippen LogP contribution >= 0.6 is 23.1 Å². The molecule has 0 radical (unpaired) electrons. The van der Waals surface area contributed by atoms with Gasteiger partial charge in [0.2, 0.25) is 82.7 Å². The van der Waals surface area contributed by atoms with E-state index in [4.69, 9.17) is 11.5 Å². The van der Waals surface area contributed by atoms with E-state index >= 15 is 19.2 Å². The molecular formula is C93H119N15O18S2. The number of nitrogens with one attached hydrogen (secondary N) is 8. The molecule has 35 heteroatoms. The molecule has 1 aromatic heterocycles. The highest BCUT2D eigenvalue weighted by Gasteiger charge is 2.44. The molecule has 33 nitrogen and oxygen atoms in total. The van der Waals surface area contributed by atoms with Crippen molar-refractivity contribution in [3.63, 3.8) is 0 Å². The first kappa shape index (κ1) is 101. The zero-order chi connectivity index (χ0) is 93.3. The number of hydrogen-bond acceptors (Lipinski definition) is 21. The first-order valence-electron chi connectivity index (χ1n) is 42.8. The van der Waals surface area contributed by atoms with Gasteiger partial charge in [-0.15, -0.1) is 23.1 Å². The second kappa shape index (κ2) is 50.1. The lowest BCUT2D eigenvalue weighted by Gasteiger charge is -2.38. The van der Waals surface area contributed by atoms with Crippen molar-refractivity contribution in [2.75, 3.05) is 65.9 Å². The van der Waals surface area contributed by atoms with Crippen molar-refractivity contribution >= 4 is 122 Å². The minimum atomic E-state index is -1.56. The number of hydrogen-bond donors (Lipinski definition) is 13. The van der Waals surface area contributed by atoms with Gasteiger partial charge in [-0.2, -0.15) is 0 Å². The maximum absolute atomic E-state index is 15.3. The van der Waals surface area contributed by atoms with Crippen LogP contribution < -0.4 is 54.0 Å². The van der Waals surface area contributed by atoms with E-state index in [0.29, 0.717) is 58.9 Å². The van der Waals surface area contributed by atoms with E-state index < -0.39 is 181 Å². The predicted molar refractivity (Wildman–Crippen MR) is 485 cm³/mol. The molecule has 1 aliphatic heterocycles. The molecule has 8 rings (SSSR count). The lowest BCUT2D eigenvalue weighted by atomic mass is 9.99. The second-order valence-corrected chi connectivity index (χ2v) is 34.4. The van der Waals surface area contributed by atoms with Crippen LogP contribution in [0.5, 0.6) is 11.5 Å². The molecule has 0 saturated carbocycles. The molecule has 1 saturated heterocycles. The van der Waals surface area contributed by atoms with Crippen LogP contribution in [-0.2, 0) is 110 Å². The summed E-state index contributed by atoms with van der Waals surface area (Å²) in [5.74, 6) is -12.0. The van der Waals surface area contributed by atoms with Gasteiger partial charge in [-0.25, -0.2) is 0 Å². The number of rotatable bonds is 49. The van der Waals surface area contributed by atoms with Crippen molar-refractivity contribution in [3.8, 4) is 11.5 Å². The van der Waals surface area contributed by atoms with Gasteiger partial charge in [0, 0.05) is 83.7 Å². The number of nitrogens with two attached hydrogens (primary N) is 2. The van der Waals surface area contributed by atoms with Gasteiger partial charge >= 0.3 is 0 Å². The molecule has 2 unspecified atom stereocenters. The highest BCUT2D eigenvalue weighted by atomic mass is 32.2. The summed E-state index contributed by atoms with van der Waals surface area (Å²) in [6.07, 6.45) is 1.90. The van der Waals surface area contributed by atoms with Gasteiger partial charge in [0.15, 0.2) is 0 Å². The monoisotopic (exact) mass is 1800 g/mol. The fraction of sp³-hybridized carbons (Fsp3) is 0.430. The third kappa shape index (κ3) is 30.0. The van der Waals surface area contributed by atoms with E-state index in [1.54, 1.807) is 130 Å². The number of phenolic OH excluding ortho intramolecular Hbond substituents is 2. The highest BCUT2D eigenvalue weighted by Crippen LogP contribution is 2.29. The molecule has 0 bridgehead atoms. The number of aromatic hydroxyl groups is 2. The number of fused-ring (bicyclic) bond motifs is 1. The first-order valence-corrected chi connectivity index (χ1v) is 44.8. The molecule has 7 aromatic rings. The number of unbranched alkanes of at least 4 members (excludes halogenated alkanes) is 1. The third-order valence-corrected chi connectivity index (χ3v) is 24.3. The lowest BCUT2D eigenvalue weighted by Crippen LogP contribution is -2.60. The Labute approximate surface area is 753 Å². The third-order valence-electron chi connectivity index (χ3n) is 22.2. The van der Waals surface area contributed by atoms with E-state index in [0.717, 1.165) is 26.7 Å². The summed E-state index contributed by atoms with van der Waals surface area (Å²) < 4.78 is 0.846. The number of thiophene rings is 1. The number of likely N-dealkylation sites (N-methyl/N-ethyl adjacent to an activating group) is 4. The molecule has 128 heavy (non-hydrogen) atoms. The minimum Gasteiger partial charge on any atom is -0.508 e. The Morgan fingerprint density at radius 2 is 1.02 bits per heavy atom. The van der Waals surface area contributed by atoms with Crippen LogP contribution in [0.25, 0.3) is 10.1 Å². The van der Waals surface area contributed by atoms with E-state index in [2.05, 4.69) is 42.5 Å². The van der Waals surface area contributed by atoms with Gasteiger partial charge in [-0.3, -0.25) is 67.1 Å². The number of aliphatic hydroxyl groups excluding tert-OH is 1. The Bertz CT molecular complexity index is 4940. The van der Waals surface area contributed by atoms with Crippen LogP contribution in [0.1, 0.15) is 106 Å². The maximum atomic E-state index is 15.3. The summed E-state index contributed by atoms with van der Waals surface area (Å²) in [6.45, 7) is 5.29. The number of benzene rings is 6.